The number of carbonyl (C=O) groups is 3. The first-order chi connectivity index (χ1) is 18.8. The Bertz CT molecular complexity index is 1210. The Hall–Kier alpha value is -2.94. The van der Waals surface area contributed by atoms with E-state index in [1.54, 1.807) is 29.2 Å². The number of amides is 3. The molecule has 3 heterocycles. The second-order valence-electron chi connectivity index (χ2n) is 11.1. The van der Waals surface area contributed by atoms with E-state index in [1.807, 2.05) is 37.3 Å². The van der Waals surface area contributed by atoms with Crippen LogP contribution in [0.5, 0.6) is 0 Å². The number of nitrogens with one attached hydrogen (secondary N) is 2. The van der Waals surface area contributed by atoms with Crippen LogP contribution in [0.4, 0.5) is 5.69 Å². The van der Waals surface area contributed by atoms with Gasteiger partial charge in [0, 0.05) is 30.4 Å². The normalized spacial score (nSPS) is 28.9. The third-order valence-corrected chi connectivity index (χ3v) is 8.79. The van der Waals surface area contributed by atoms with Crippen molar-refractivity contribution >= 4 is 35.0 Å². The van der Waals surface area contributed by atoms with Gasteiger partial charge in [-0.2, -0.15) is 0 Å². The maximum absolute atomic E-state index is 14.1. The summed E-state index contributed by atoms with van der Waals surface area (Å²) in [4.78, 5) is 43.2. The van der Waals surface area contributed by atoms with Gasteiger partial charge in [0.2, 0.25) is 17.7 Å². The maximum atomic E-state index is 14.1. The van der Waals surface area contributed by atoms with Crippen LogP contribution >= 0.6 is 11.6 Å². The quantitative estimate of drug-likeness (QED) is 0.366. The molecule has 2 bridgehead atoms. The number of rotatable bonds is 11. The highest BCUT2D eigenvalue weighted by Gasteiger charge is 2.77. The predicted octanol–water partition coefficient (Wildman–Crippen LogP) is 3.91. The van der Waals surface area contributed by atoms with Crippen LogP contribution in [0.25, 0.3) is 0 Å². The average molecular weight is 554 g/mol. The molecule has 39 heavy (non-hydrogen) atoms. The minimum Gasteiger partial charge on any atom is -0.396 e. The number of hydrogen-bond acceptors (Lipinski definition) is 5. The Morgan fingerprint density at radius 3 is 2.46 bits per heavy atom. The monoisotopic (exact) mass is 553 g/mol. The second-order valence-corrected chi connectivity index (χ2v) is 11.5. The SMILES string of the molecule is C[C@]12CCC3(O1)C(C(=O)Nc1ccc(Cl)cc1)N(CCCCCCO)C(=O)[C@@H]3[C@H]2C(=O)NCc1ccccc1. The van der Waals surface area contributed by atoms with Crippen LogP contribution in [0.2, 0.25) is 5.02 Å². The Morgan fingerprint density at radius 1 is 1.03 bits per heavy atom. The number of aliphatic hydroxyl groups excluding tert-OH is 1. The molecule has 9 heteroatoms. The van der Waals surface area contributed by atoms with Crippen LogP contribution in [-0.2, 0) is 25.7 Å². The first-order valence-corrected chi connectivity index (χ1v) is 14.2. The molecule has 0 aliphatic carbocycles. The summed E-state index contributed by atoms with van der Waals surface area (Å²) in [5.41, 5.74) is -0.345. The fourth-order valence-electron chi connectivity index (χ4n) is 6.75. The van der Waals surface area contributed by atoms with Gasteiger partial charge in [-0.05, 0) is 62.4 Å². The molecule has 1 spiro atoms. The number of halogens is 1. The van der Waals surface area contributed by atoms with Gasteiger partial charge in [0.1, 0.15) is 11.6 Å². The van der Waals surface area contributed by atoms with Crippen LogP contribution in [-0.4, -0.2) is 58.1 Å². The summed E-state index contributed by atoms with van der Waals surface area (Å²) < 4.78 is 6.65. The molecule has 5 rings (SSSR count). The lowest BCUT2D eigenvalue weighted by Gasteiger charge is -2.33. The van der Waals surface area contributed by atoms with Crippen LogP contribution in [0, 0.1) is 11.8 Å². The smallest absolute Gasteiger partial charge is 0.250 e. The molecule has 3 amide bonds. The molecule has 0 aromatic heterocycles. The molecule has 208 valence electrons. The lowest BCUT2D eigenvalue weighted by Crippen LogP contribution is -2.53. The number of nitrogens with zero attached hydrogens (tertiary/aromatic N) is 1. The molecule has 0 saturated carbocycles. The van der Waals surface area contributed by atoms with Crippen molar-refractivity contribution in [2.24, 2.45) is 11.8 Å². The van der Waals surface area contributed by atoms with Crippen molar-refractivity contribution in [2.75, 3.05) is 18.5 Å². The van der Waals surface area contributed by atoms with E-state index in [0.717, 1.165) is 18.4 Å². The van der Waals surface area contributed by atoms with Crippen molar-refractivity contribution in [3.05, 3.63) is 65.2 Å². The van der Waals surface area contributed by atoms with Crippen molar-refractivity contribution < 1.29 is 24.2 Å². The molecule has 3 fully saturated rings. The highest BCUT2D eigenvalue weighted by Crippen LogP contribution is 2.63. The second kappa shape index (κ2) is 11.3. The third kappa shape index (κ3) is 5.17. The van der Waals surface area contributed by atoms with Crippen molar-refractivity contribution in [2.45, 2.75) is 69.2 Å². The van der Waals surface area contributed by atoms with Gasteiger partial charge in [-0.1, -0.05) is 54.8 Å². The van der Waals surface area contributed by atoms with E-state index < -0.39 is 29.1 Å². The molecule has 8 nitrogen and oxygen atoms in total. The zero-order valence-corrected chi connectivity index (χ0v) is 23.0. The number of ether oxygens (including phenoxy) is 1. The third-order valence-electron chi connectivity index (χ3n) is 8.54. The molecule has 2 aromatic carbocycles. The van der Waals surface area contributed by atoms with Gasteiger partial charge in [-0.3, -0.25) is 14.4 Å². The molecule has 2 unspecified atom stereocenters. The highest BCUT2D eigenvalue weighted by atomic mass is 35.5. The average Bonchev–Trinajstić information content (AvgIpc) is 3.49. The lowest BCUT2D eigenvalue weighted by atomic mass is 9.66. The highest BCUT2D eigenvalue weighted by molar-refractivity contribution is 6.30. The van der Waals surface area contributed by atoms with Crippen molar-refractivity contribution in [1.82, 2.24) is 10.2 Å². The van der Waals surface area contributed by atoms with Crippen LogP contribution in [0.3, 0.4) is 0 Å². The van der Waals surface area contributed by atoms with E-state index in [2.05, 4.69) is 10.6 Å². The fourth-order valence-corrected chi connectivity index (χ4v) is 6.88. The first kappa shape index (κ1) is 27.6. The van der Waals surface area contributed by atoms with E-state index in [-0.39, 0.29) is 24.3 Å². The standard InChI is InChI=1S/C30H36ClN3O5/c1-29-15-16-30(39-29)24(23(29)26(36)32-19-20-9-5-4-6-10-20)28(38)34(17-7-2-3-8-18-35)25(30)27(37)33-22-13-11-21(31)12-14-22/h4-6,9-14,23-25,35H,2-3,7-8,15-19H2,1H3,(H,32,36)(H,33,37)/t23-,24-,25?,29+,30?/m0/s1. The molecule has 3 saturated heterocycles. The number of unbranched alkanes of at least 4 members (excludes halogenated alkanes) is 3. The van der Waals surface area contributed by atoms with E-state index in [0.29, 0.717) is 49.5 Å². The summed E-state index contributed by atoms with van der Waals surface area (Å²) in [6.45, 7) is 2.77. The Kier molecular flexibility index (Phi) is 7.99. The first-order valence-electron chi connectivity index (χ1n) is 13.8. The van der Waals surface area contributed by atoms with E-state index in [4.69, 9.17) is 21.4 Å². The summed E-state index contributed by atoms with van der Waals surface area (Å²) in [7, 11) is 0. The summed E-state index contributed by atoms with van der Waals surface area (Å²) >= 11 is 6.02. The van der Waals surface area contributed by atoms with Crippen molar-refractivity contribution in [3.63, 3.8) is 0 Å². The van der Waals surface area contributed by atoms with Crippen LogP contribution < -0.4 is 10.6 Å². The minimum absolute atomic E-state index is 0.131. The Morgan fingerprint density at radius 2 is 1.74 bits per heavy atom. The summed E-state index contributed by atoms with van der Waals surface area (Å²) in [6.07, 6.45) is 4.19. The number of likely N-dealkylation sites (tertiary alicyclic amines) is 1. The molecular weight excluding hydrogens is 518 g/mol. The van der Waals surface area contributed by atoms with E-state index in [9.17, 15) is 14.4 Å². The van der Waals surface area contributed by atoms with Gasteiger partial charge >= 0.3 is 0 Å². The minimum atomic E-state index is -1.07. The number of benzene rings is 2. The number of carbonyl (C=O) groups excluding carboxylic acids is 3. The number of anilines is 1. The lowest BCUT2D eigenvalue weighted by molar-refractivity contribution is -0.144. The number of hydrogen-bond donors (Lipinski definition) is 3. The molecule has 0 radical (unpaired) electrons. The summed E-state index contributed by atoms with van der Waals surface area (Å²) in [5, 5.41) is 15.7. The maximum Gasteiger partial charge on any atom is 0.250 e. The van der Waals surface area contributed by atoms with Crippen LogP contribution in [0.1, 0.15) is 51.0 Å². The molecule has 2 aromatic rings. The zero-order chi connectivity index (χ0) is 27.6. The van der Waals surface area contributed by atoms with Crippen molar-refractivity contribution in [1.29, 1.82) is 0 Å². The van der Waals surface area contributed by atoms with E-state index >= 15 is 0 Å². The Balaban J connectivity index is 1.41. The molecule has 5 atom stereocenters. The molecule has 3 aliphatic heterocycles. The topological polar surface area (TPSA) is 108 Å². The van der Waals surface area contributed by atoms with Gasteiger partial charge in [0.25, 0.3) is 0 Å². The number of aliphatic hydroxyl groups is 1. The molecular formula is C30H36ClN3O5. The van der Waals surface area contributed by atoms with Gasteiger partial charge in [-0.15, -0.1) is 0 Å². The predicted molar refractivity (Wildman–Crippen MR) is 148 cm³/mol. The van der Waals surface area contributed by atoms with Gasteiger partial charge in [0.05, 0.1) is 17.4 Å². The summed E-state index contributed by atoms with van der Waals surface area (Å²) in [6, 6.07) is 15.6. The fraction of sp³-hybridized carbons (Fsp3) is 0.500. The van der Waals surface area contributed by atoms with E-state index in [1.165, 1.54) is 0 Å². The number of fused-ring (bicyclic) bond motifs is 1. The molecule has 3 N–H and O–H groups in total. The van der Waals surface area contributed by atoms with Gasteiger partial charge in [-0.25, -0.2) is 0 Å². The largest absolute Gasteiger partial charge is 0.396 e. The van der Waals surface area contributed by atoms with Gasteiger partial charge < -0.3 is 25.4 Å². The van der Waals surface area contributed by atoms with Crippen molar-refractivity contribution in [3.8, 4) is 0 Å². The summed E-state index contributed by atoms with van der Waals surface area (Å²) in [5.74, 6) is -2.16. The zero-order valence-electron chi connectivity index (χ0n) is 22.2. The molecule has 3 aliphatic rings. The van der Waals surface area contributed by atoms with Gasteiger partial charge in [0.15, 0.2) is 0 Å². The Labute approximate surface area is 234 Å². The van der Waals surface area contributed by atoms with Crippen LogP contribution in [0.15, 0.2) is 54.6 Å².